The molecule has 1 saturated carbocycles. The lowest BCUT2D eigenvalue weighted by atomic mass is 10.1. The molecule has 0 aliphatic heterocycles. The molecule has 1 aromatic heterocycles. The predicted molar refractivity (Wildman–Crippen MR) is 80.5 cm³/mol. The Morgan fingerprint density at radius 1 is 1.26 bits per heavy atom. The van der Waals surface area contributed by atoms with Gasteiger partial charge < -0.3 is 5.32 Å². The average molecular weight is 255 g/mol. The Hall–Kier alpha value is -1.61. The van der Waals surface area contributed by atoms with Gasteiger partial charge in [-0.05, 0) is 30.8 Å². The number of benzene rings is 1. The molecule has 0 unspecified atom stereocenters. The molecule has 0 saturated heterocycles. The van der Waals surface area contributed by atoms with Gasteiger partial charge in [0.2, 0.25) is 0 Å². The number of pyridine rings is 1. The van der Waals surface area contributed by atoms with Gasteiger partial charge in [0.15, 0.2) is 0 Å². The fourth-order valence-corrected chi connectivity index (χ4v) is 2.62. The second-order valence-electron chi connectivity index (χ2n) is 5.17. The summed E-state index contributed by atoms with van der Waals surface area (Å²) in [7, 11) is 0. The molecule has 0 radical (unpaired) electrons. The van der Waals surface area contributed by atoms with E-state index in [4.69, 9.17) is 0 Å². The standard InChI is InChI=1S/C16H21N3/c1-2-19(14-7-8-14)12-11-18-16-15-6-4-3-5-13(15)9-10-17-16/h3-6,9-10,14H,2,7-8,11-12H2,1H3,(H,17,18). The third-order valence-electron chi connectivity index (χ3n) is 3.83. The van der Waals surface area contributed by atoms with Crippen LogP contribution in [0.15, 0.2) is 36.5 Å². The van der Waals surface area contributed by atoms with Crippen LogP contribution in [0.1, 0.15) is 19.8 Å². The van der Waals surface area contributed by atoms with Crippen molar-refractivity contribution in [2.24, 2.45) is 0 Å². The van der Waals surface area contributed by atoms with E-state index in [9.17, 15) is 0 Å². The lowest BCUT2D eigenvalue weighted by Crippen LogP contribution is -2.31. The fraction of sp³-hybridized carbons (Fsp3) is 0.438. The summed E-state index contributed by atoms with van der Waals surface area (Å²) in [4.78, 5) is 7.01. The van der Waals surface area contributed by atoms with Crippen LogP contribution in [-0.2, 0) is 0 Å². The van der Waals surface area contributed by atoms with Crippen LogP contribution >= 0.6 is 0 Å². The third kappa shape index (κ3) is 2.87. The van der Waals surface area contributed by atoms with E-state index >= 15 is 0 Å². The first kappa shape index (κ1) is 12.4. The van der Waals surface area contributed by atoms with Crippen molar-refractivity contribution in [1.82, 2.24) is 9.88 Å². The number of aromatic nitrogens is 1. The molecule has 100 valence electrons. The van der Waals surface area contributed by atoms with Crippen molar-refractivity contribution >= 4 is 16.6 Å². The predicted octanol–water partition coefficient (Wildman–Crippen LogP) is 3.13. The number of hydrogen-bond acceptors (Lipinski definition) is 3. The summed E-state index contributed by atoms with van der Waals surface area (Å²) in [6.45, 7) is 5.46. The molecule has 0 amide bonds. The lowest BCUT2D eigenvalue weighted by Gasteiger charge is -2.20. The monoisotopic (exact) mass is 255 g/mol. The summed E-state index contributed by atoms with van der Waals surface area (Å²) in [5.74, 6) is 1.00. The summed E-state index contributed by atoms with van der Waals surface area (Å²) in [5, 5.41) is 5.94. The van der Waals surface area contributed by atoms with Gasteiger partial charge in [-0.3, -0.25) is 4.90 Å². The molecule has 2 aromatic rings. The molecule has 3 heteroatoms. The van der Waals surface area contributed by atoms with Gasteiger partial charge >= 0.3 is 0 Å². The van der Waals surface area contributed by atoms with E-state index in [-0.39, 0.29) is 0 Å². The molecule has 1 heterocycles. The van der Waals surface area contributed by atoms with E-state index in [2.05, 4.69) is 52.5 Å². The van der Waals surface area contributed by atoms with Gasteiger partial charge in [0, 0.05) is 30.7 Å². The largest absolute Gasteiger partial charge is 0.368 e. The van der Waals surface area contributed by atoms with Crippen LogP contribution in [0.3, 0.4) is 0 Å². The molecule has 3 rings (SSSR count). The van der Waals surface area contributed by atoms with E-state index < -0.39 is 0 Å². The SMILES string of the molecule is CCN(CCNc1nccc2ccccc12)C1CC1. The van der Waals surface area contributed by atoms with Crippen molar-refractivity contribution in [3.8, 4) is 0 Å². The van der Waals surface area contributed by atoms with Crippen molar-refractivity contribution in [2.75, 3.05) is 25.0 Å². The Balaban J connectivity index is 1.65. The number of fused-ring (bicyclic) bond motifs is 1. The maximum atomic E-state index is 4.46. The number of rotatable bonds is 6. The lowest BCUT2D eigenvalue weighted by molar-refractivity contribution is 0.289. The minimum absolute atomic E-state index is 0.840. The molecule has 1 aliphatic rings. The molecule has 3 nitrogen and oxygen atoms in total. The molecular weight excluding hydrogens is 234 g/mol. The topological polar surface area (TPSA) is 28.2 Å². The van der Waals surface area contributed by atoms with Gasteiger partial charge in [-0.2, -0.15) is 0 Å². The first-order chi connectivity index (χ1) is 9.38. The first-order valence-corrected chi connectivity index (χ1v) is 7.20. The first-order valence-electron chi connectivity index (χ1n) is 7.20. The van der Waals surface area contributed by atoms with Gasteiger partial charge in [0.05, 0.1) is 0 Å². The van der Waals surface area contributed by atoms with Crippen LogP contribution in [-0.4, -0.2) is 35.6 Å². The van der Waals surface area contributed by atoms with Crippen molar-refractivity contribution in [2.45, 2.75) is 25.8 Å². The minimum Gasteiger partial charge on any atom is -0.368 e. The van der Waals surface area contributed by atoms with Gasteiger partial charge in [-0.1, -0.05) is 31.2 Å². The quantitative estimate of drug-likeness (QED) is 0.859. The molecule has 1 fully saturated rings. The molecule has 0 atom stereocenters. The Bertz CT molecular complexity index is 543. The second-order valence-corrected chi connectivity index (χ2v) is 5.17. The zero-order chi connectivity index (χ0) is 13.1. The molecular formula is C16H21N3. The zero-order valence-electron chi connectivity index (χ0n) is 11.5. The fourth-order valence-electron chi connectivity index (χ4n) is 2.62. The summed E-state index contributed by atoms with van der Waals surface area (Å²) < 4.78 is 0. The maximum Gasteiger partial charge on any atom is 0.133 e. The molecule has 19 heavy (non-hydrogen) atoms. The molecule has 0 bridgehead atoms. The number of nitrogens with zero attached hydrogens (tertiary/aromatic N) is 2. The van der Waals surface area contributed by atoms with Crippen LogP contribution in [0.4, 0.5) is 5.82 Å². The van der Waals surface area contributed by atoms with E-state index in [0.29, 0.717) is 0 Å². The smallest absolute Gasteiger partial charge is 0.133 e. The third-order valence-corrected chi connectivity index (χ3v) is 3.83. The average Bonchev–Trinajstić information content (AvgIpc) is 3.28. The highest BCUT2D eigenvalue weighted by Gasteiger charge is 2.27. The van der Waals surface area contributed by atoms with Gasteiger partial charge in [-0.25, -0.2) is 4.98 Å². The summed E-state index contributed by atoms with van der Waals surface area (Å²) >= 11 is 0. The highest BCUT2D eigenvalue weighted by atomic mass is 15.2. The Labute approximate surface area is 114 Å². The Morgan fingerprint density at radius 3 is 2.89 bits per heavy atom. The second kappa shape index (κ2) is 5.57. The Kier molecular flexibility index (Phi) is 3.65. The highest BCUT2D eigenvalue weighted by molar-refractivity contribution is 5.91. The molecule has 1 aromatic carbocycles. The van der Waals surface area contributed by atoms with Crippen molar-refractivity contribution in [1.29, 1.82) is 0 Å². The minimum atomic E-state index is 0.840. The number of hydrogen-bond donors (Lipinski definition) is 1. The number of anilines is 1. The van der Waals surface area contributed by atoms with Crippen LogP contribution in [0, 0.1) is 0 Å². The van der Waals surface area contributed by atoms with E-state index in [1.54, 1.807) is 0 Å². The zero-order valence-corrected chi connectivity index (χ0v) is 11.5. The highest BCUT2D eigenvalue weighted by Crippen LogP contribution is 2.26. The molecule has 0 spiro atoms. The Morgan fingerprint density at radius 2 is 2.11 bits per heavy atom. The summed E-state index contributed by atoms with van der Waals surface area (Å²) in [6, 6.07) is 11.3. The van der Waals surface area contributed by atoms with Gasteiger partial charge in [0.1, 0.15) is 5.82 Å². The van der Waals surface area contributed by atoms with Crippen LogP contribution in [0.5, 0.6) is 0 Å². The molecule has 1 N–H and O–H groups in total. The normalized spacial score (nSPS) is 15.1. The van der Waals surface area contributed by atoms with Crippen LogP contribution in [0.2, 0.25) is 0 Å². The molecule has 1 aliphatic carbocycles. The van der Waals surface area contributed by atoms with Crippen molar-refractivity contribution < 1.29 is 0 Å². The maximum absolute atomic E-state index is 4.46. The van der Waals surface area contributed by atoms with E-state index in [0.717, 1.165) is 31.5 Å². The number of likely N-dealkylation sites (N-methyl/N-ethyl adjacent to an activating group) is 1. The van der Waals surface area contributed by atoms with Crippen molar-refractivity contribution in [3.63, 3.8) is 0 Å². The summed E-state index contributed by atoms with van der Waals surface area (Å²) in [5.41, 5.74) is 0. The van der Waals surface area contributed by atoms with Gasteiger partial charge in [-0.15, -0.1) is 0 Å². The van der Waals surface area contributed by atoms with E-state index in [1.165, 1.54) is 23.6 Å². The van der Waals surface area contributed by atoms with E-state index in [1.807, 2.05) is 6.20 Å². The van der Waals surface area contributed by atoms with Crippen molar-refractivity contribution in [3.05, 3.63) is 36.5 Å². The van der Waals surface area contributed by atoms with Crippen LogP contribution < -0.4 is 5.32 Å². The van der Waals surface area contributed by atoms with Crippen LogP contribution in [0.25, 0.3) is 10.8 Å². The van der Waals surface area contributed by atoms with Gasteiger partial charge in [0.25, 0.3) is 0 Å². The summed E-state index contributed by atoms with van der Waals surface area (Å²) in [6.07, 6.45) is 4.63. The number of nitrogens with one attached hydrogen (secondary N) is 1.